The van der Waals surface area contributed by atoms with Crippen LogP contribution in [0.15, 0.2) is 29.1 Å². The molecule has 110 valence electrons. The van der Waals surface area contributed by atoms with Crippen molar-refractivity contribution in [2.75, 3.05) is 19.6 Å². The number of rotatable bonds is 1. The van der Waals surface area contributed by atoms with Gasteiger partial charge in [0.2, 0.25) is 0 Å². The number of halogens is 1. The van der Waals surface area contributed by atoms with Crippen LogP contribution < -0.4 is 0 Å². The van der Waals surface area contributed by atoms with E-state index in [9.17, 15) is 0 Å². The van der Waals surface area contributed by atoms with Crippen LogP contribution in [0.1, 0.15) is 24.3 Å². The lowest BCUT2D eigenvalue weighted by atomic mass is 9.75. The van der Waals surface area contributed by atoms with E-state index in [4.69, 9.17) is 4.42 Å². The predicted octanol–water partition coefficient (Wildman–Crippen LogP) is 3.54. The zero-order chi connectivity index (χ0) is 13.1. The number of aromatic nitrogens is 2. The summed E-state index contributed by atoms with van der Waals surface area (Å²) in [5.41, 5.74) is 4.52. The van der Waals surface area contributed by atoms with Gasteiger partial charge in [-0.2, -0.15) is 0 Å². The second-order valence-electron chi connectivity index (χ2n) is 6.18. The lowest BCUT2D eigenvalue weighted by molar-refractivity contribution is 0.0877. The summed E-state index contributed by atoms with van der Waals surface area (Å²) in [4.78, 5) is 10.5. The van der Waals surface area contributed by atoms with Gasteiger partial charge >= 0.3 is 0 Å². The fourth-order valence-electron chi connectivity index (χ4n) is 4.18. The molecule has 0 radical (unpaired) electrons. The molecule has 1 unspecified atom stereocenters. The molecule has 1 aromatic carbocycles. The van der Waals surface area contributed by atoms with E-state index in [2.05, 4.69) is 27.1 Å². The van der Waals surface area contributed by atoms with Gasteiger partial charge in [-0.1, -0.05) is 0 Å². The van der Waals surface area contributed by atoms with Crippen LogP contribution in [0.2, 0.25) is 0 Å². The molecule has 5 heteroatoms. The Morgan fingerprint density at radius 3 is 2.86 bits per heavy atom. The van der Waals surface area contributed by atoms with Gasteiger partial charge in [0.05, 0.1) is 0 Å². The normalized spacial score (nSPS) is 28.1. The van der Waals surface area contributed by atoms with E-state index in [1.165, 1.54) is 48.9 Å². The van der Waals surface area contributed by atoms with Crippen molar-refractivity contribution in [3.63, 3.8) is 0 Å². The molecule has 2 bridgehead atoms. The number of hydrogen-bond acceptors (Lipinski definition) is 3. The number of benzene rings is 1. The summed E-state index contributed by atoms with van der Waals surface area (Å²) in [6.45, 7) is 3.76. The quantitative estimate of drug-likeness (QED) is 0.748. The molecular weight excluding hydrogens is 286 g/mol. The Balaban J connectivity index is 0.00000115. The van der Waals surface area contributed by atoms with E-state index in [1.54, 1.807) is 6.39 Å². The molecular formula is C16H18ClN3O. The summed E-state index contributed by atoms with van der Waals surface area (Å²) in [7, 11) is 0. The van der Waals surface area contributed by atoms with Gasteiger partial charge in [0.1, 0.15) is 5.52 Å². The summed E-state index contributed by atoms with van der Waals surface area (Å²) >= 11 is 0. The topological polar surface area (TPSA) is 45.1 Å². The number of aromatic amines is 1. The maximum Gasteiger partial charge on any atom is 0.182 e. The Labute approximate surface area is 128 Å². The predicted molar refractivity (Wildman–Crippen MR) is 85.0 cm³/mol. The van der Waals surface area contributed by atoms with Crippen LogP contribution in [-0.2, 0) is 0 Å². The third-order valence-corrected chi connectivity index (χ3v) is 5.23. The third kappa shape index (κ3) is 1.82. The third-order valence-electron chi connectivity index (χ3n) is 5.23. The van der Waals surface area contributed by atoms with Gasteiger partial charge in [0.15, 0.2) is 12.0 Å². The van der Waals surface area contributed by atoms with Crippen molar-refractivity contribution < 1.29 is 4.42 Å². The van der Waals surface area contributed by atoms with Crippen molar-refractivity contribution in [1.29, 1.82) is 0 Å². The molecule has 21 heavy (non-hydrogen) atoms. The van der Waals surface area contributed by atoms with Gasteiger partial charge in [-0.3, -0.25) is 0 Å². The molecule has 0 aliphatic carbocycles. The number of H-pyrrole nitrogens is 1. The van der Waals surface area contributed by atoms with Crippen molar-refractivity contribution >= 4 is 34.4 Å². The van der Waals surface area contributed by atoms with Gasteiger partial charge in [-0.15, -0.1) is 12.4 Å². The zero-order valence-electron chi connectivity index (χ0n) is 11.7. The van der Waals surface area contributed by atoms with Crippen molar-refractivity contribution in [1.82, 2.24) is 14.9 Å². The Bertz CT molecular complexity index is 785. The van der Waals surface area contributed by atoms with Gasteiger partial charge in [0.25, 0.3) is 0 Å². The molecule has 3 aromatic rings. The monoisotopic (exact) mass is 303 g/mol. The Hall–Kier alpha value is -1.52. The zero-order valence-corrected chi connectivity index (χ0v) is 12.5. The minimum Gasteiger partial charge on any atom is -0.443 e. The van der Waals surface area contributed by atoms with Gasteiger partial charge in [-0.25, -0.2) is 4.98 Å². The first-order valence-corrected chi connectivity index (χ1v) is 7.46. The fraction of sp³-hybridized carbons (Fsp3) is 0.438. The second kappa shape index (κ2) is 4.75. The molecule has 3 fully saturated rings. The average Bonchev–Trinajstić information content (AvgIpc) is 3.14. The number of piperidine rings is 3. The van der Waals surface area contributed by atoms with Crippen LogP contribution >= 0.6 is 12.4 Å². The summed E-state index contributed by atoms with van der Waals surface area (Å²) < 4.78 is 5.46. The van der Waals surface area contributed by atoms with Gasteiger partial charge in [-0.05, 0) is 49.5 Å². The van der Waals surface area contributed by atoms with E-state index in [-0.39, 0.29) is 12.4 Å². The fourth-order valence-corrected chi connectivity index (χ4v) is 4.18. The SMILES string of the molecule is Cl.c1nc2c(ccc3[nH]cc(C4CN5CCC4CC5)c32)o1. The van der Waals surface area contributed by atoms with Crippen LogP contribution in [0.25, 0.3) is 22.0 Å². The molecule has 3 saturated heterocycles. The Kier molecular flexibility index (Phi) is 2.98. The molecule has 1 atom stereocenters. The number of fused-ring (bicyclic) bond motifs is 6. The standard InChI is InChI=1S/C16H17N3O.ClH/c1-2-14-16(18-9-20-14)15-11(7-17-13(1)15)12-8-19-5-3-10(12)4-6-19;/h1-2,7,9-10,12,17H,3-6,8H2;1H. The minimum absolute atomic E-state index is 0. The summed E-state index contributed by atoms with van der Waals surface area (Å²) in [5, 5.41) is 1.27. The van der Waals surface area contributed by atoms with Crippen LogP contribution in [0.4, 0.5) is 0 Å². The highest BCUT2D eigenvalue weighted by Crippen LogP contribution is 2.42. The van der Waals surface area contributed by atoms with Crippen molar-refractivity contribution in [2.45, 2.75) is 18.8 Å². The molecule has 0 spiro atoms. The molecule has 6 rings (SSSR count). The van der Waals surface area contributed by atoms with Crippen LogP contribution in [-0.4, -0.2) is 34.5 Å². The van der Waals surface area contributed by atoms with E-state index in [0.29, 0.717) is 5.92 Å². The maximum atomic E-state index is 5.46. The van der Waals surface area contributed by atoms with E-state index in [1.807, 2.05) is 6.07 Å². The summed E-state index contributed by atoms with van der Waals surface area (Å²) in [6, 6.07) is 4.11. The van der Waals surface area contributed by atoms with Crippen molar-refractivity contribution in [2.24, 2.45) is 5.92 Å². The van der Waals surface area contributed by atoms with Gasteiger partial charge in [0, 0.05) is 29.6 Å². The molecule has 1 N–H and O–H groups in total. The molecule has 2 aromatic heterocycles. The first-order chi connectivity index (χ1) is 9.90. The lowest BCUT2D eigenvalue weighted by Gasteiger charge is -2.44. The average molecular weight is 304 g/mol. The molecule has 3 aliphatic heterocycles. The highest BCUT2D eigenvalue weighted by atomic mass is 35.5. The Morgan fingerprint density at radius 1 is 1.24 bits per heavy atom. The number of oxazole rings is 1. The van der Waals surface area contributed by atoms with E-state index in [0.717, 1.165) is 17.0 Å². The summed E-state index contributed by atoms with van der Waals surface area (Å²) in [5.74, 6) is 1.48. The van der Waals surface area contributed by atoms with Crippen LogP contribution in [0, 0.1) is 5.92 Å². The summed E-state index contributed by atoms with van der Waals surface area (Å²) in [6.07, 6.45) is 6.43. The van der Waals surface area contributed by atoms with Crippen LogP contribution in [0.5, 0.6) is 0 Å². The van der Waals surface area contributed by atoms with E-state index >= 15 is 0 Å². The molecule has 4 nitrogen and oxygen atoms in total. The Morgan fingerprint density at radius 2 is 2.10 bits per heavy atom. The number of nitrogens with one attached hydrogen (secondary N) is 1. The maximum absolute atomic E-state index is 5.46. The largest absolute Gasteiger partial charge is 0.443 e. The first-order valence-electron chi connectivity index (χ1n) is 7.46. The highest BCUT2D eigenvalue weighted by Gasteiger charge is 2.36. The number of nitrogens with zero attached hydrogens (tertiary/aromatic N) is 2. The smallest absolute Gasteiger partial charge is 0.182 e. The molecule has 5 heterocycles. The molecule has 0 amide bonds. The highest BCUT2D eigenvalue weighted by molar-refractivity contribution is 6.04. The van der Waals surface area contributed by atoms with Crippen molar-refractivity contribution in [3.05, 3.63) is 30.3 Å². The van der Waals surface area contributed by atoms with Crippen molar-refractivity contribution in [3.8, 4) is 0 Å². The van der Waals surface area contributed by atoms with Gasteiger partial charge < -0.3 is 14.3 Å². The lowest BCUT2D eigenvalue weighted by Crippen LogP contribution is -2.46. The second-order valence-corrected chi connectivity index (χ2v) is 6.18. The molecule has 3 aliphatic rings. The molecule has 0 saturated carbocycles. The minimum atomic E-state index is 0. The number of hydrogen-bond donors (Lipinski definition) is 1. The van der Waals surface area contributed by atoms with Crippen LogP contribution in [0.3, 0.4) is 0 Å². The first kappa shape index (κ1) is 13.2. The van der Waals surface area contributed by atoms with E-state index < -0.39 is 0 Å².